The second-order valence-corrected chi connectivity index (χ2v) is 3.68. The first-order chi connectivity index (χ1) is 7.38. The summed E-state index contributed by atoms with van der Waals surface area (Å²) >= 11 is 0. The number of nitrogens with zero attached hydrogens (tertiary/aromatic N) is 2. The van der Waals surface area contributed by atoms with E-state index in [9.17, 15) is 0 Å². The van der Waals surface area contributed by atoms with E-state index in [1.54, 1.807) is 0 Å². The van der Waals surface area contributed by atoms with E-state index in [0.29, 0.717) is 0 Å². The molecule has 0 bridgehead atoms. The average Bonchev–Trinajstić information content (AvgIpc) is 2.31. The smallest absolute Gasteiger partial charge is 0.0594 e. The molecular formula is C11H17N3O. The largest absolute Gasteiger partial charge is 0.387 e. The number of nitrogens with one attached hydrogen (secondary N) is 1. The Bertz CT molecular complexity index is 293. The van der Waals surface area contributed by atoms with Gasteiger partial charge >= 0.3 is 0 Å². The Labute approximate surface area is 90.3 Å². The van der Waals surface area contributed by atoms with Crippen molar-refractivity contribution in [2.24, 2.45) is 0 Å². The van der Waals surface area contributed by atoms with Gasteiger partial charge in [0.25, 0.3) is 0 Å². The predicted molar refractivity (Wildman–Crippen MR) is 59.9 cm³/mol. The van der Waals surface area contributed by atoms with Crippen LogP contribution in [0, 0.1) is 0 Å². The first-order valence-corrected chi connectivity index (χ1v) is 5.31. The van der Waals surface area contributed by atoms with Crippen LogP contribution < -0.4 is 5.32 Å². The van der Waals surface area contributed by atoms with Crippen molar-refractivity contribution in [3.63, 3.8) is 0 Å². The molecule has 1 aromatic heterocycles. The van der Waals surface area contributed by atoms with Crippen LogP contribution in [0.5, 0.6) is 0 Å². The van der Waals surface area contributed by atoms with E-state index in [1.807, 2.05) is 13.2 Å². The van der Waals surface area contributed by atoms with E-state index in [2.05, 4.69) is 27.3 Å². The second-order valence-electron chi connectivity index (χ2n) is 3.68. The minimum absolute atomic E-state index is 0.842. The van der Waals surface area contributed by atoms with Gasteiger partial charge in [0, 0.05) is 26.7 Å². The van der Waals surface area contributed by atoms with Gasteiger partial charge in [-0.2, -0.15) is 0 Å². The Kier molecular flexibility index (Phi) is 3.53. The third-order valence-corrected chi connectivity index (χ3v) is 2.60. The fourth-order valence-electron chi connectivity index (χ4n) is 1.65. The molecule has 1 saturated heterocycles. The van der Waals surface area contributed by atoms with Gasteiger partial charge < -0.3 is 10.1 Å². The summed E-state index contributed by atoms with van der Waals surface area (Å²) in [6.07, 6.45) is 1.87. The van der Waals surface area contributed by atoms with Crippen LogP contribution in [0.25, 0.3) is 0 Å². The summed E-state index contributed by atoms with van der Waals surface area (Å²) in [5, 5.41) is 3.06. The molecule has 1 fully saturated rings. The Morgan fingerprint density at radius 3 is 2.80 bits per heavy atom. The molecule has 4 nitrogen and oxygen atoms in total. The maximum Gasteiger partial charge on any atom is 0.0594 e. The fourth-order valence-corrected chi connectivity index (χ4v) is 1.65. The minimum atomic E-state index is 0.842. The van der Waals surface area contributed by atoms with Crippen LogP contribution in [0.15, 0.2) is 18.3 Å². The van der Waals surface area contributed by atoms with Crippen molar-refractivity contribution in [3.8, 4) is 0 Å². The maximum absolute atomic E-state index is 5.30. The quantitative estimate of drug-likeness (QED) is 0.801. The number of ether oxygens (including phenoxy) is 1. The summed E-state index contributed by atoms with van der Waals surface area (Å²) in [7, 11) is 1.90. The molecule has 1 aliphatic heterocycles. The molecule has 0 spiro atoms. The first kappa shape index (κ1) is 10.4. The summed E-state index contributed by atoms with van der Waals surface area (Å²) < 4.78 is 5.30. The Balaban J connectivity index is 1.91. The van der Waals surface area contributed by atoms with Crippen molar-refractivity contribution in [3.05, 3.63) is 24.0 Å². The van der Waals surface area contributed by atoms with Gasteiger partial charge in [-0.1, -0.05) is 0 Å². The fraction of sp³-hybridized carbons (Fsp3) is 0.545. The van der Waals surface area contributed by atoms with E-state index in [4.69, 9.17) is 4.74 Å². The van der Waals surface area contributed by atoms with Crippen molar-refractivity contribution < 1.29 is 4.74 Å². The SMILES string of the molecule is CNc1ccc(CN2CCOCC2)nc1. The monoisotopic (exact) mass is 207 g/mol. The van der Waals surface area contributed by atoms with Crippen LogP contribution in [0.1, 0.15) is 5.69 Å². The molecule has 4 heteroatoms. The Morgan fingerprint density at radius 1 is 1.40 bits per heavy atom. The van der Waals surface area contributed by atoms with Crippen LogP contribution >= 0.6 is 0 Å². The summed E-state index contributed by atoms with van der Waals surface area (Å²) in [6, 6.07) is 4.13. The molecular weight excluding hydrogens is 190 g/mol. The third kappa shape index (κ3) is 2.91. The Morgan fingerprint density at radius 2 is 2.20 bits per heavy atom. The zero-order valence-corrected chi connectivity index (χ0v) is 9.07. The van der Waals surface area contributed by atoms with Gasteiger partial charge in [0.2, 0.25) is 0 Å². The molecule has 0 radical (unpaired) electrons. The molecule has 0 aromatic carbocycles. The standard InChI is InChI=1S/C11H17N3O/c1-12-10-2-3-11(13-8-10)9-14-4-6-15-7-5-14/h2-3,8,12H,4-7,9H2,1H3. The first-order valence-electron chi connectivity index (χ1n) is 5.31. The molecule has 1 aliphatic rings. The molecule has 0 amide bonds. The molecule has 0 unspecified atom stereocenters. The highest BCUT2D eigenvalue weighted by atomic mass is 16.5. The van der Waals surface area contributed by atoms with Crippen LogP contribution in [-0.2, 0) is 11.3 Å². The van der Waals surface area contributed by atoms with E-state index in [1.165, 1.54) is 0 Å². The molecule has 1 aromatic rings. The average molecular weight is 207 g/mol. The molecule has 1 N–H and O–H groups in total. The molecule has 15 heavy (non-hydrogen) atoms. The molecule has 2 rings (SSSR count). The number of hydrogen-bond acceptors (Lipinski definition) is 4. The number of rotatable bonds is 3. The number of morpholine rings is 1. The predicted octanol–water partition coefficient (Wildman–Crippen LogP) is 0.955. The van der Waals surface area contributed by atoms with Gasteiger partial charge in [-0.3, -0.25) is 9.88 Å². The van der Waals surface area contributed by atoms with E-state index < -0.39 is 0 Å². The molecule has 0 saturated carbocycles. The zero-order valence-electron chi connectivity index (χ0n) is 9.07. The topological polar surface area (TPSA) is 37.4 Å². The Hall–Kier alpha value is -1.13. The summed E-state index contributed by atoms with van der Waals surface area (Å²) in [6.45, 7) is 4.63. The van der Waals surface area contributed by atoms with Crippen LogP contribution in [-0.4, -0.2) is 43.2 Å². The van der Waals surface area contributed by atoms with Gasteiger partial charge in [-0.05, 0) is 12.1 Å². The zero-order chi connectivity index (χ0) is 10.5. The summed E-state index contributed by atoms with van der Waals surface area (Å²) in [5.41, 5.74) is 2.18. The highest BCUT2D eigenvalue weighted by Crippen LogP contribution is 2.08. The van der Waals surface area contributed by atoms with Gasteiger partial charge in [0.1, 0.15) is 0 Å². The van der Waals surface area contributed by atoms with Gasteiger partial charge in [0.05, 0.1) is 30.8 Å². The molecule has 0 aliphatic carbocycles. The van der Waals surface area contributed by atoms with E-state index in [0.717, 1.165) is 44.2 Å². The van der Waals surface area contributed by atoms with Crippen molar-refractivity contribution in [2.45, 2.75) is 6.54 Å². The van der Waals surface area contributed by atoms with Crippen molar-refractivity contribution in [1.82, 2.24) is 9.88 Å². The lowest BCUT2D eigenvalue weighted by molar-refractivity contribution is 0.0336. The lowest BCUT2D eigenvalue weighted by Gasteiger charge is -2.26. The maximum atomic E-state index is 5.30. The summed E-state index contributed by atoms with van der Waals surface area (Å²) in [4.78, 5) is 6.76. The van der Waals surface area contributed by atoms with Crippen LogP contribution in [0.3, 0.4) is 0 Å². The number of anilines is 1. The van der Waals surface area contributed by atoms with Crippen LogP contribution in [0.4, 0.5) is 5.69 Å². The number of aromatic nitrogens is 1. The van der Waals surface area contributed by atoms with Gasteiger partial charge in [0.15, 0.2) is 0 Å². The van der Waals surface area contributed by atoms with Crippen LogP contribution in [0.2, 0.25) is 0 Å². The van der Waals surface area contributed by atoms with Gasteiger partial charge in [-0.15, -0.1) is 0 Å². The van der Waals surface area contributed by atoms with Crippen molar-refractivity contribution in [2.75, 3.05) is 38.7 Å². The second kappa shape index (κ2) is 5.09. The lowest BCUT2D eigenvalue weighted by atomic mass is 10.3. The minimum Gasteiger partial charge on any atom is -0.387 e. The molecule has 82 valence electrons. The lowest BCUT2D eigenvalue weighted by Crippen LogP contribution is -2.35. The molecule has 0 atom stereocenters. The molecule has 2 heterocycles. The third-order valence-electron chi connectivity index (χ3n) is 2.60. The van der Waals surface area contributed by atoms with Gasteiger partial charge in [-0.25, -0.2) is 0 Å². The van der Waals surface area contributed by atoms with Crippen molar-refractivity contribution in [1.29, 1.82) is 0 Å². The summed E-state index contributed by atoms with van der Waals surface area (Å²) in [5.74, 6) is 0. The number of pyridine rings is 1. The normalized spacial score (nSPS) is 17.7. The van der Waals surface area contributed by atoms with Crippen molar-refractivity contribution >= 4 is 5.69 Å². The van der Waals surface area contributed by atoms with E-state index in [-0.39, 0.29) is 0 Å². The number of hydrogen-bond donors (Lipinski definition) is 1. The highest BCUT2D eigenvalue weighted by molar-refractivity contribution is 5.39. The van der Waals surface area contributed by atoms with E-state index >= 15 is 0 Å². The highest BCUT2D eigenvalue weighted by Gasteiger charge is 2.10.